The Hall–Kier alpha value is -1.59. The van der Waals surface area contributed by atoms with E-state index in [4.69, 9.17) is 4.42 Å². The molecule has 3 aromatic rings. The van der Waals surface area contributed by atoms with Crippen molar-refractivity contribution in [1.82, 2.24) is 4.98 Å². The van der Waals surface area contributed by atoms with Gasteiger partial charge in [0, 0.05) is 24.7 Å². The second-order valence-corrected chi connectivity index (χ2v) is 6.73. The quantitative estimate of drug-likeness (QED) is 0.713. The lowest BCUT2D eigenvalue weighted by Crippen LogP contribution is -1.97. The number of aromatic nitrogens is 1. The molecule has 102 valence electrons. The summed E-state index contributed by atoms with van der Waals surface area (Å²) in [6, 6.07) is 10.3. The Balaban J connectivity index is 1.67. The van der Waals surface area contributed by atoms with Crippen LogP contribution in [-0.2, 0) is 6.54 Å². The van der Waals surface area contributed by atoms with Gasteiger partial charge in [-0.3, -0.25) is 0 Å². The molecule has 0 amide bonds. The molecule has 3 rings (SSSR count). The maximum atomic E-state index is 5.23. The molecule has 1 aromatic carbocycles. The first kappa shape index (κ1) is 13.4. The van der Waals surface area contributed by atoms with Crippen LogP contribution >= 0.6 is 27.3 Å². The van der Waals surface area contributed by atoms with E-state index in [1.54, 1.807) is 17.6 Å². The summed E-state index contributed by atoms with van der Waals surface area (Å²) in [5, 5.41) is 5.54. The molecule has 0 aliphatic carbocycles. The highest BCUT2D eigenvalue weighted by molar-refractivity contribution is 9.11. The Morgan fingerprint density at radius 3 is 2.70 bits per heavy atom. The molecule has 0 radical (unpaired) electrons. The molecule has 0 fully saturated rings. The van der Waals surface area contributed by atoms with Crippen LogP contribution in [-0.4, -0.2) is 4.98 Å². The zero-order valence-corrected chi connectivity index (χ0v) is 13.3. The molecule has 0 atom stereocenters. The predicted octanol–water partition coefficient (Wildman–Crippen LogP) is 5.09. The molecule has 0 spiro atoms. The van der Waals surface area contributed by atoms with Gasteiger partial charge in [-0.25, -0.2) is 4.98 Å². The van der Waals surface area contributed by atoms with E-state index in [1.807, 2.05) is 19.1 Å². The number of halogens is 1. The van der Waals surface area contributed by atoms with Gasteiger partial charge < -0.3 is 9.73 Å². The van der Waals surface area contributed by atoms with Crippen molar-refractivity contribution in [2.75, 3.05) is 5.32 Å². The Labute approximate surface area is 129 Å². The number of hydrogen-bond acceptors (Lipinski definition) is 4. The minimum atomic E-state index is 0.685. The van der Waals surface area contributed by atoms with E-state index in [-0.39, 0.29) is 0 Å². The van der Waals surface area contributed by atoms with Crippen LogP contribution in [0.25, 0.3) is 11.3 Å². The van der Waals surface area contributed by atoms with Gasteiger partial charge in [0.25, 0.3) is 0 Å². The number of benzene rings is 1. The Kier molecular flexibility index (Phi) is 3.89. The number of oxazole rings is 1. The number of aryl methyl sites for hydroxylation is 1. The van der Waals surface area contributed by atoms with Crippen molar-refractivity contribution < 1.29 is 4.42 Å². The minimum Gasteiger partial charge on any atom is -0.449 e. The highest BCUT2D eigenvalue weighted by atomic mass is 79.9. The molecule has 5 heteroatoms. The van der Waals surface area contributed by atoms with Crippen LogP contribution in [0.5, 0.6) is 0 Å². The third-order valence-electron chi connectivity index (χ3n) is 2.92. The number of hydrogen-bond donors (Lipinski definition) is 1. The van der Waals surface area contributed by atoms with Crippen LogP contribution < -0.4 is 5.32 Å². The van der Waals surface area contributed by atoms with Gasteiger partial charge in [0.15, 0.2) is 5.89 Å². The molecule has 0 saturated heterocycles. The zero-order valence-electron chi connectivity index (χ0n) is 10.9. The van der Waals surface area contributed by atoms with Crippen LogP contribution in [0.2, 0.25) is 0 Å². The molecule has 3 nitrogen and oxygen atoms in total. The summed E-state index contributed by atoms with van der Waals surface area (Å²) in [5.74, 6) is 0.685. The third kappa shape index (κ3) is 3.11. The highest BCUT2D eigenvalue weighted by Crippen LogP contribution is 2.23. The van der Waals surface area contributed by atoms with Gasteiger partial charge in [-0.2, -0.15) is 0 Å². The van der Waals surface area contributed by atoms with Crippen molar-refractivity contribution >= 4 is 33.0 Å². The van der Waals surface area contributed by atoms with Crippen molar-refractivity contribution in [2.45, 2.75) is 13.5 Å². The number of anilines is 1. The second kappa shape index (κ2) is 5.81. The fourth-order valence-electron chi connectivity index (χ4n) is 1.90. The lowest BCUT2D eigenvalue weighted by Gasteiger charge is -2.05. The van der Waals surface area contributed by atoms with E-state index >= 15 is 0 Å². The van der Waals surface area contributed by atoms with Crippen molar-refractivity contribution in [1.29, 1.82) is 0 Å². The van der Waals surface area contributed by atoms with E-state index < -0.39 is 0 Å². The summed E-state index contributed by atoms with van der Waals surface area (Å²) >= 11 is 5.17. The molecule has 1 N–H and O–H groups in total. The van der Waals surface area contributed by atoms with Gasteiger partial charge in [-0.05, 0) is 45.1 Å². The molecule has 0 aliphatic heterocycles. The highest BCUT2D eigenvalue weighted by Gasteiger charge is 2.03. The summed E-state index contributed by atoms with van der Waals surface area (Å²) in [6.07, 6.45) is 1.68. The van der Waals surface area contributed by atoms with Crippen LogP contribution in [0.15, 0.2) is 50.2 Å². The second-order valence-electron chi connectivity index (χ2n) is 4.44. The fourth-order valence-corrected chi connectivity index (χ4v) is 3.11. The first-order valence-corrected chi connectivity index (χ1v) is 7.87. The Morgan fingerprint density at radius 2 is 2.10 bits per heavy atom. The zero-order chi connectivity index (χ0) is 13.9. The summed E-state index contributed by atoms with van der Waals surface area (Å²) < 4.78 is 6.39. The number of rotatable bonds is 4. The maximum Gasteiger partial charge on any atom is 0.191 e. The molecule has 0 bridgehead atoms. The fraction of sp³-hybridized carbons (Fsp3) is 0.133. The average Bonchev–Trinajstić information content (AvgIpc) is 3.06. The van der Waals surface area contributed by atoms with E-state index in [0.29, 0.717) is 5.89 Å². The summed E-state index contributed by atoms with van der Waals surface area (Å²) in [5.41, 5.74) is 4.30. The Morgan fingerprint density at radius 1 is 1.30 bits per heavy atom. The summed E-state index contributed by atoms with van der Waals surface area (Å²) in [7, 11) is 0. The van der Waals surface area contributed by atoms with E-state index in [1.165, 1.54) is 5.56 Å². The monoisotopic (exact) mass is 348 g/mol. The molecular weight excluding hydrogens is 336 g/mol. The first-order chi connectivity index (χ1) is 9.70. The molecular formula is C15H13BrN2OS. The lowest BCUT2D eigenvalue weighted by atomic mass is 10.1. The van der Waals surface area contributed by atoms with Crippen molar-refractivity contribution in [3.05, 3.63) is 57.2 Å². The number of nitrogens with zero attached hydrogens (tertiary/aromatic N) is 1. The summed E-state index contributed by atoms with van der Waals surface area (Å²) in [4.78, 5) is 4.32. The molecule has 0 aliphatic rings. The van der Waals surface area contributed by atoms with E-state index in [0.717, 1.165) is 27.3 Å². The molecule has 0 unspecified atom stereocenters. The Bertz CT molecular complexity index is 703. The van der Waals surface area contributed by atoms with Crippen molar-refractivity contribution in [3.63, 3.8) is 0 Å². The minimum absolute atomic E-state index is 0.685. The van der Waals surface area contributed by atoms with Gasteiger partial charge in [-0.15, -0.1) is 11.3 Å². The largest absolute Gasteiger partial charge is 0.449 e. The average molecular weight is 349 g/mol. The van der Waals surface area contributed by atoms with Crippen LogP contribution in [0.4, 0.5) is 5.69 Å². The molecule has 0 saturated carbocycles. The topological polar surface area (TPSA) is 38.1 Å². The smallest absolute Gasteiger partial charge is 0.191 e. The number of thiophene rings is 1. The predicted molar refractivity (Wildman–Crippen MR) is 86.0 cm³/mol. The van der Waals surface area contributed by atoms with Crippen molar-refractivity contribution in [2.24, 2.45) is 0 Å². The first-order valence-electron chi connectivity index (χ1n) is 6.20. The standard InChI is InChI=1S/C15H13BrN2OS/c1-10-18-14(8-19-10)12-2-4-13(5-3-12)17-7-11-6-15(16)20-9-11/h2-6,8-9,17H,7H2,1H3. The van der Waals surface area contributed by atoms with Gasteiger partial charge in [0.1, 0.15) is 12.0 Å². The van der Waals surface area contributed by atoms with Gasteiger partial charge >= 0.3 is 0 Å². The number of nitrogens with one attached hydrogen (secondary N) is 1. The lowest BCUT2D eigenvalue weighted by molar-refractivity contribution is 0.521. The van der Waals surface area contributed by atoms with Crippen molar-refractivity contribution in [3.8, 4) is 11.3 Å². The molecule has 2 aromatic heterocycles. The van der Waals surface area contributed by atoms with Crippen LogP contribution in [0, 0.1) is 6.92 Å². The van der Waals surface area contributed by atoms with Gasteiger partial charge in [0.05, 0.1) is 3.79 Å². The van der Waals surface area contributed by atoms with Crippen LogP contribution in [0.1, 0.15) is 11.5 Å². The van der Waals surface area contributed by atoms with E-state index in [2.05, 4.69) is 49.8 Å². The molecule has 20 heavy (non-hydrogen) atoms. The van der Waals surface area contributed by atoms with Gasteiger partial charge in [-0.1, -0.05) is 12.1 Å². The third-order valence-corrected chi connectivity index (χ3v) is 4.47. The normalized spacial score (nSPS) is 10.7. The van der Waals surface area contributed by atoms with E-state index in [9.17, 15) is 0 Å². The molecule has 2 heterocycles. The van der Waals surface area contributed by atoms with Crippen LogP contribution in [0.3, 0.4) is 0 Å². The maximum absolute atomic E-state index is 5.23. The SMILES string of the molecule is Cc1nc(-c2ccc(NCc3csc(Br)c3)cc2)co1. The van der Waals surface area contributed by atoms with Gasteiger partial charge in [0.2, 0.25) is 0 Å². The summed E-state index contributed by atoms with van der Waals surface area (Å²) in [6.45, 7) is 2.67.